The smallest absolute Gasteiger partial charge is 0.330 e. The number of halogens is 9. The maximum atomic E-state index is 13.0. The lowest BCUT2D eigenvalue weighted by Gasteiger charge is -2.34. The average Bonchev–Trinajstić information content (AvgIpc) is 2.21. The zero-order valence-electron chi connectivity index (χ0n) is 11.5. The molecule has 2 nitrogen and oxygen atoms in total. The summed E-state index contributed by atoms with van der Waals surface area (Å²) >= 11 is 0. The Balaban J connectivity index is 4.89. The quantitative estimate of drug-likeness (QED) is 0.429. The predicted molar refractivity (Wildman–Crippen MR) is 56.7 cm³/mol. The number of hydrogen-bond donors (Lipinski definition) is 1. The lowest BCUT2D eigenvalue weighted by atomic mass is 10.0. The number of nitrogens with zero attached hydrogens (tertiary/aromatic N) is 1. The van der Waals surface area contributed by atoms with Gasteiger partial charge in [0.05, 0.1) is 34.2 Å². The molecule has 11 heteroatoms. The molecular formula is C10H16F9N2+. The van der Waals surface area contributed by atoms with Gasteiger partial charge in [0.15, 0.2) is 0 Å². The van der Waals surface area contributed by atoms with Crippen molar-refractivity contribution in [2.75, 3.05) is 40.8 Å². The highest BCUT2D eigenvalue weighted by molar-refractivity contribution is 5.01. The molecule has 1 N–H and O–H groups in total. The Kier molecular flexibility index (Phi) is 5.63. The molecule has 0 fully saturated rings. The van der Waals surface area contributed by atoms with Crippen LogP contribution in [-0.4, -0.2) is 69.2 Å². The third kappa shape index (κ3) is 4.63. The number of likely N-dealkylation sites (N-methyl/N-ethyl adjacent to an activating group) is 1. The van der Waals surface area contributed by atoms with Gasteiger partial charge in [0.1, 0.15) is 0 Å². The molecule has 0 rings (SSSR count). The Morgan fingerprint density at radius 2 is 1.19 bits per heavy atom. The molecule has 0 aromatic carbocycles. The van der Waals surface area contributed by atoms with Gasteiger partial charge in [0.25, 0.3) is 0 Å². The molecule has 0 radical (unpaired) electrons. The summed E-state index contributed by atoms with van der Waals surface area (Å²) in [5.41, 5.74) is 0. The molecule has 0 saturated heterocycles. The van der Waals surface area contributed by atoms with Crippen LogP contribution in [0.25, 0.3) is 0 Å². The van der Waals surface area contributed by atoms with Crippen molar-refractivity contribution in [2.45, 2.75) is 23.9 Å². The van der Waals surface area contributed by atoms with E-state index in [-0.39, 0.29) is 17.6 Å². The topological polar surface area (TPSA) is 12.0 Å². The van der Waals surface area contributed by atoms with Gasteiger partial charge in [0, 0.05) is 6.54 Å². The molecule has 0 spiro atoms. The van der Waals surface area contributed by atoms with E-state index in [0.717, 1.165) is 0 Å². The number of hydrogen-bond acceptors (Lipinski definition) is 1. The van der Waals surface area contributed by atoms with E-state index in [4.69, 9.17) is 0 Å². The molecule has 0 aliphatic heterocycles. The van der Waals surface area contributed by atoms with Crippen LogP contribution in [0.2, 0.25) is 0 Å². The fraction of sp³-hybridized carbons (Fsp3) is 1.00. The van der Waals surface area contributed by atoms with E-state index in [1.807, 2.05) is 0 Å². The van der Waals surface area contributed by atoms with Crippen LogP contribution in [0.4, 0.5) is 39.5 Å². The van der Waals surface area contributed by atoms with Gasteiger partial charge in [-0.15, -0.1) is 0 Å². The van der Waals surface area contributed by atoms with Gasteiger partial charge in [0.2, 0.25) is 0 Å². The standard InChI is InChI=1S/C10H16F9N2/c1-21(2,3)5-4-20-6-7(11,12)8(13,14)9(15,16)10(17,18)19/h20H,4-6H2,1-3H3/q+1. The van der Waals surface area contributed by atoms with Crippen LogP contribution >= 0.6 is 0 Å². The van der Waals surface area contributed by atoms with Crippen molar-refractivity contribution in [3.63, 3.8) is 0 Å². The molecular weight excluding hydrogens is 319 g/mol. The summed E-state index contributed by atoms with van der Waals surface area (Å²) in [5, 5.41) is 1.77. The summed E-state index contributed by atoms with van der Waals surface area (Å²) in [7, 11) is 4.94. The van der Waals surface area contributed by atoms with Gasteiger partial charge in [-0.1, -0.05) is 0 Å². The molecule has 0 aliphatic rings. The number of quaternary nitrogens is 1. The van der Waals surface area contributed by atoms with Crippen LogP contribution in [0.3, 0.4) is 0 Å². The van der Waals surface area contributed by atoms with Crippen molar-refractivity contribution in [3.05, 3.63) is 0 Å². The Morgan fingerprint density at radius 1 is 0.762 bits per heavy atom. The van der Waals surface area contributed by atoms with E-state index >= 15 is 0 Å². The molecule has 0 aromatic rings. The van der Waals surface area contributed by atoms with E-state index in [0.29, 0.717) is 0 Å². The van der Waals surface area contributed by atoms with Crippen LogP contribution < -0.4 is 5.32 Å². The third-order valence-corrected chi connectivity index (χ3v) is 2.52. The summed E-state index contributed by atoms with van der Waals surface area (Å²) in [6, 6.07) is 0. The minimum Gasteiger partial charge on any atom is -0.330 e. The van der Waals surface area contributed by atoms with Crippen molar-refractivity contribution in [1.29, 1.82) is 0 Å². The number of nitrogens with one attached hydrogen (secondary N) is 1. The highest BCUT2D eigenvalue weighted by atomic mass is 19.4. The molecule has 0 amide bonds. The van der Waals surface area contributed by atoms with Gasteiger partial charge in [-0.3, -0.25) is 0 Å². The molecule has 0 heterocycles. The van der Waals surface area contributed by atoms with Crippen molar-refractivity contribution < 1.29 is 44.0 Å². The van der Waals surface area contributed by atoms with Crippen LogP contribution in [-0.2, 0) is 0 Å². The molecule has 0 saturated carbocycles. The summed E-state index contributed by atoms with van der Waals surface area (Å²) in [6.07, 6.45) is -6.78. The van der Waals surface area contributed by atoms with E-state index < -0.39 is 30.5 Å². The Bertz CT molecular complexity index is 343. The number of rotatable bonds is 7. The van der Waals surface area contributed by atoms with E-state index in [9.17, 15) is 39.5 Å². The zero-order valence-corrected chi connectivity index (χ0v) is 11.5. The highest BCUT2D eigenvalue weighted by Gasteiger charge is 2.81. The minimum absolute atomic E-state index is 0.178. The molecule has 128 valence electrons. The molecule has 0 aromatic heterocycles. The van der Waals surface area contributed by atoms with Crippen molar-refractivity contribution in [2.24, 2.45) is 0 Å². The first-order valence-electron chi connectivity index (χ1n) is 5.67. The number of alkyl halides is 9. The van der Waals surface area contributed by atoms with Crippen LogP contribution in [0.5, 0.6) is 0 Å². The first kappa shape index (κ1) is 20.3. The second-order valence-electron chi connectivity index (χ2n) is 5.54. The molecule has 0 unspecified atom stereocenters. The fourth-order valence-electron chi connectivity index (χ4n) is 1.18. The Morgan fingerprint density at radius 3 is 1.52 bits per heavy atom. The molecule has 21 heavy (non-hydrogen) atoms. The molecule has 0 atom stereocenters. The van der Waals surface area contributed by atoms with Crippen molar-refractivity contribution >= 4 is 0 Å². The van der Waals surface area contributed by atoms with Gasteiger partial charge in [-0.25, -0.2) is 0 Å². The lowest BCUT2D eigenvalue weighted by molar-refractivity contribution is -0.869. The van der Waals surface area contributed by atoms with Gasteiger partial charge in [-0.2, -0.15) is 39.5 Å². The van der Waals surface area contributed by atoms with E-state index in [1.54, 1.807) is 26.5 Å². The molecule has 0 bridgehead atoms. The maximum absolute atomic E-state index is 13.0. The molecule has 0 aliphatic carbocycles. The summed E-state index contributed by atoms with van der Waals surface area (Å²) in [6.45, 7) is -2.07. The summed E-state index contributed by atoms with van der Waals surface area (Å²) in [4.78, 5) is 0. The van der Waals surface area contributed by atoms with E-state index in [2.05, 4.69) is 0 Å². The summed E-state index contributed by atoms with van der Waals surface area (Å²) < 4.78 is 113. The predicted octanol–water partition coefficient (Wildman–Crippen LogP) is 2.75. The first-order valence-corrected chi connectivity index (χ1v) is 5.67. The first-order chi connectivity index (χ1) is 8.96. The minimum atomic E-state index is -6.83. The van der Waals surface area contributed by atoms with Gasteiger partial charge in [-0.05, 0) is 0 Å². The van der Waals surface area contributed by atoms with Crippen molar-refractivity contribution in [1.82, 2.24) is 5.32 Å². The fourth-order valence-corrected chi connectivity index (χ4v) is 1.18. The summed E-state index contributed by atoms with van der Waals surface area (Å²) in [5.74, 6) is -18.9. The highest BCUT2D eigenvalue weighted by Crippen LogP contribution is 2.52. The second kappa shape index (κ2) is 5.82. The second-order valence-corrected chi connectivity index (χ2v) is 5.54. The zero-order chi connectivity index (χ0) is 17.3. The average molecular weight is 335 g/mol. The third-order valence-electron chi connectivity index (χ3n) is 2.52. The largest absolute Gasteiger partial charge is 0.460 e. The lowest BCUT2D eigenvalue weighted by Crippen LogP contribution is -2.63. The van der Waals surface area contributed by atoms with Crippen molar-refractivity contribution in [3.8, 4) is 0 Å². The Hall–Kier alpha value is -0.710. The van der Waals surface area contributed by atoms with Gasteiger partial charge < -0.3 is 9.80 Å². The monoisotopic (exact) mass is 335 g/mol. The Labute approximate surface area is 115 Å². The maximum Gasteiger partial charge on any atom is 0.460 e. The normalized spacial score (nSPS) is 15.4. The van der Waals surface area contributed by atoms with Crippen LogP contribution in [0.15, 0.2) is 0 Å². The van der Waals surface area contributed by atoms with E-state index in [1.165, 1.54) is 0 Å². The van der Waals surface area contributed by atoms with Gasteiger partial charge >= 0.3 is 23.9 Å². The van der Waals surface area contributed by atoms with Crippen LogP contribution in [0.1, 0.15) is 0 Å². The SMILES string of the molecule is C[N+](C)(C)CCNCC(F)(F)C(F)(F)C(F)(F)C(F)(F)F. The van der Waals surface area contributed by atoms with Crippen LogP contribution in [0, 0.1) is 0 Å².